The average Bonchev–Trinajstić information content (AvgIpc) is 3.50. The number of piperazine rings is 1. The highest BCUT2D eigenvalue weighted by Crippen LogP contribution is 2.25. The zero-order chi connectivity index (χ0) is 32.0. The van der Waals surface area contributed by atoms with E-state index >= 15 is 0 Å². The first-order valence-corrected chi connectivity index (χ1v) is 16.8. The Morgan fingerprint density at radius 1 is 1.11 bits per heavy atom. The molecule has 248 valence electrons. The highest BCUT2D eigenvalue weighted by Gasteiger charge is 2.27. The standard InChI is InChI=1S/C34H48N8O4/c1-22(2)41-11-13-42(14-12-41)34-39-29(17-32(40-34)38-26-7-5-4-6-8-26)33(44)36-19-30(43)28-16-24-9-10-27(15-25(24)18-35-28)45-20-31-23(3)37-21-46-31/h9-10,15,17,21-22,26,28,30,35,43H,4-8,11-14,16,18-20H2,1-3H3,(H,36,44)(H,38,39,40)/t28-,30+/m0/s1. The Morgan fingerprint density at radius 3 is 2.65 bits per heavy atom. The Kier molecular flexibility index (Phi) is 10.4. The third kappa shape index (κ3) is 7.97. The van der Waals surface area contributed by atoms with Crippen LogP contribution in [-0.4, -0.2) is 87.8 Å². The van der Waals surface area contributed by atoms with Gasteiger partial charge in [0.2, 0.25) is 5.95 Å². The van der Waals surface area contributed by atoms with E-state index in [-0.39, 0.29) is 18.5 Å². The third-order valence-electron chi connectivity index (χ3n) is 9.55. The first-order valence-electron chi connectivity index (χ1n) is 16.8. The topological polar surface area (TPSA) is 141 Å². The molecule has 0 spiro atoms. The molecule has 1 amide bonds. The van der Waals surface area contributed by atoms with Gasteiger partial charge in [-0.05, 0) is 63.3 Å². The molecule has 1 saturated carbocycles. The lowest BCUT2D eigenvalue weighted by molar-refractivity contribution is 0.0865. The largest absolute Gasteiger partial charge is 0.486 e. The molecular weight excluding hydrogens is 584 g/mol. The number of nitrogens with zero attached hydrogens (tertiary/aromatic N) is 5. The fourth-order valence-electron chi connectivity index (χ4n) is 6.58. The van der Waals surface area contributed by atoms with Crippen molar-refractivity contribution < 1.29 is 19.1 Å². The summed E-state index contributed by atoms with van der Waals surface area (Å²) >= 11 is 0. The van der Waals surface area contributed by atoms with Gasteiger partial charge < -0.3 is 35.1 Å². The number of hydrogen-bond acceptors (Lipinski definition) is 11. The number of rotatable bonds is 11. The molecule has 12 heteroatoms. The number of carbonyl (C=O) groups excluding carboxylic acids is 1. The van der Waals surface area contributed by atoms with Crippen molar-refractivity contribution in [2.45, 2.75) is 96.7 Å². The number of fused-ring (bicyclic) bond motifs is 1. The Balaban J connectivity index is 1.06. The van der Waals surface area contributed by atoms with E-state index in [2.05, 4.69) is 44.6 Å². The first kappa shape index (κ1) is 32.2. The fraction of sp³-hybridized carbons (Fsp3) is 0.588. The smallest absolute Gasteiger partial charge is 0.270 e. The van der Waals surface area contributed by atoms with Crippen molar-refractivity contribution in [1.29, 1.82) is 0 Å². The number of aromatic nitrogens is 3. The molecule has 3 aliphatic rings. The Bertz CT molecular complexity index is 1470. The number of aliphatic hydroxyl groups excluding tert-OH is 1. The molecule has 6 rings (SSSR count). The van der Waals surface area contributed by atoms with Crippen molar-refractivity contribution in [3.63, 3.8) is 0 Å². The van der Waals surface area contributed by atoms with E-state index in [1.807, 2.05) is 25.1 Å². The van der Waals surface area contributed by atoms with Gasteiger partial charge in [-0.1, -0.05) is 25.3 Å². The summed E-state index contributed by atoms with van der Waals surface area (Å²) in [7, 11) is 0. The maximum Gasteiger partial charge on any atom is 0.270 e. The van der Waals surface area contributed by atoms with Crippen LogP contribution < -0.4 is 25.6 Å². The van der Waals surface area contributed by atoms with Gasteiger partial charge in [0.05, 0.1) is 11.8 Å². The molecule has 1 saturated heterocycles. The predicted octanol–water partition coefficient (Wildman–Crippen LogP) is 3.43. The minimum atomic E-state index is -0.771. The minimum absolute atomic E-state index is 0.112. The van der Waals surface area contributed by atoms with E-state index in [1.54, 1.807) is 6.07 Å². The van der Waals surface area contributed by atoms with Gasteiger partial charge in [-0.2, -0.15) is 4.98 Å². The number of aliphatic hydroxyl groups is 1. The quantitative estimate of drug-likeness (QED) is 0.247. The highest BCUT2D eigenvalue weighted by molar-refractivity contribution is 5.93. The number of hydrogen-bond donors (Lipinski definition) is 4. The molecule has 1 aliphatic carbocycles. The molecule has 2 atom stereocenters. The van der Waals surface area contributed by atoms with E-state index in [9.17, 15) is 9.90 Å². The van der Waals surface area contributed by atoms with Gasteiger partial charge in [0.1, 0.15) is 23.9 Å². The summed E-state index contributed by atoms with van der Waals surface area (Å²) in [4.78, 5) is 31.7. The van der Waals surface area contributed by atoms with Gasteiger partial charge in [0, 0.05) is 63.5 Å². The zero-order valence-corrected chi connectivity index (χ0v) is 27.3. The second-order valence-electron chi connectivity index (χ2n) is 13.1. The minimum Gasteiger partial charge on any atom is -0.486 e. The number of aryl methyl sites for hydroxylation is 1. The SMILES string of the molecule is Cc1ncoc1COc1ccc2c(c1)CN[C@H]([C@H](O)CNC(=O)c1cc(NC3CCCCC3)nc(N3CCN(C(C)C)CC3)n1)C2. The molecule has 1 aromatic carbocycles. The maximum absolute atomic E-state index is 13.4. The molecule has 12 nitrogen and oxygen atoms in total. The Hall–Kier alpha value is -3.74. The first-order chi connectivity index (χ1) is 22.3. The van der Waals surface area contributed by atoms with E-state index in [1.165, 1.54) is 25.7 Å². The van der Waals surface area contributed by atoms with Crippen LogP contribution >= 0.6 is 0 Å². The van der Waals surface area contributed by atoms with Crippen LogP contribution in [0.1, 0.15) is 79.0 Å². The van der Waals surface area contributed by atoms with Gasteiger partial charge in [-0.3, -0.25) is 9.69 Å². The Morgan fingerprint density at radius 2 is 1.91 bits per heavy atom. The van der Waals surface area contributed by atoms with Gasteiger partial charge in [0.25, 0.3) is 5.91 Å². The summed E-state index contributed by atoms with van der Waals surface area (Å²) < 4.78 is 11.3. The second-order valence-corrected chi connectivity index (χ2v) is 13.1. The third-order valence-corrected chi connectivity index (χ3v) is 9.55. The number of benzene rings is 1. The second kappa shape index (κ2) is 14.8. The maximum atomic E-state index is 13.4. The van der Waals surface area contributed by atoms with E-state index < -0.39 is 6.10 Å². The molecule has 0 unspecified atom stereocenters. The molecule has 0 radical (unpaired) electrons. The number of anilines is 2. The van der Waals surface area contributed by atoms with Gasteiger partial charge in [-0.25, -0.2) is 9.97 Å². The molecule has 3 aromatic rings. The summed E-state index contributed by atoms with van der Waals surface area (Å²) in [5, 5.41) is 21.0. The molecule has 2 aliphatic heterocycles. The van der Waals surface area contributed by atoms with Crippen molar-refractivity contribution in [2.75, 3.05) is 42.9 Å². The fourth-order valence-corrected chi connectivity index (χ4v) is 6.58. The number of nitrogens with one attached hydrogen (secondary N) is 3. The van der Waals surface area contributed by atoms with Crippen LogP contribution in [0.4, 0.5) is 11.8 Å². The molecule has 4 N–H and O–H groups in total. The summed E-state index contributed by atoms with van der Waals surface area (Å²) in [6.45, 7) is 10.8. The summed E-state index contributed by atoms with van der Waals surface area (Å²) in [6.07, 6.45) is 7.18. The molecule has 2 aromatic heterocycles. The molecule has 46 heavy (non-hydrogen) atoms. The van der Waals surface area contributed by atoms with Gasteiger partial charge >= 0.3 is 0 Å². The van der Waals surface area contributed by atoms with E-state index in [4.69, 9.17) is 19.1 Å². The zero-order valence-electron chi connectivity index (χ0n) is 27.3. The van der Waals surface area contributed by atoms with Crippen molar-refractivity contribution >= 4 is 17.7 Å². The van der Waals surface area contributed by atoms with Crippen LogP contribution in [0.3, 0.4) is 0 Å². The molecule has 0 bridgehead atoms. The highest BCUT2D eigenvalue weighted by atomic mass is 16.5. The van der Waals surface area contributed by atoms with Crippen molar-refractivity contribution in [1.82, 2.24) is 30.5 Å². The molecule has 4 heterocycles. The monoisotopic (exact) mass is 632 g/mol. The molecule has 2 fully saturated rings. The number of ether oxygens (including phenoxy) is 1. The predicted molar refractivity (Wildman–Crippen MR) is 176 cm³/mol. The normalized spacial score (nSPS) is 19.9. The van der Waals surface area contributed by atoms with Crippen LogP contribution in [0, 0.1) is 6.92 Å². The van der Waals surface area contributed by atoms with E-state index in [0.717, 1.165) is 61.6 Å². The van der Waals surface area contributed by atoms with Crippen molar-refractivity contribution in [3.05, 3.63) is 58.9 Å². The van der Waals surface area contributed by atoms with Gasteiger partial charge in [-0.15, -0.1) is 0 Å². The lowest BCUT2D eigenvalue weighted by Gasteiger charge is -2.37. The number of oxazole rings is 1. The van der Waals surface area contributed by atoms with Crippen LogP contribution in [-0.2, 0) is 19.6 Å². The van der Waals surface area contributed by atoms with E-state index in [0.29, 0.717) is 54.9 Å². The van der Waals surface area contributed by atoms with Crippen LogP contribution in [0.15, 0.2) is 35.1 Å². The summed E-state index contributed by atoms with van der Waals surface area (Å²) in [6, 6.07) is 8.41. The number of carbonyl (C=O) groups is 1. The van der Waals surface area contributed by atoms with Crippen molar-refractivity contribution in [2.24, 2.45) is 0 Å². The lowest BCUT2D eigenvalue weighted by atomic mass is 9.92. The van der Waals surface area contributed by atoms with Crippen LogP contribution in [0.2, 0.25) is 0 Å². The van der Waals surface area contributed by atoms with Crippen LogP contribution in [0.25, 0.3) is 0 Å². The number of amides is 1. The Labute approximate surface area is 271 Å². The average molecular weight is 633 g/mol. The summed E-state index contributed by atoms with van der Waals surface area (Å²) in [5.74, 6) is 2.43. The van der Waals surface area contributed by atoms with Gasteiger partial charge in [0.15, 0.2) is 12.2 Å². The molecular formula is C34H48N8O4. The van der Waals surface area contributed by atoms with Crippen LogP contribution in [0.5, 0.6) is 5.75 Å². The van der Waals surface area contributed by atoms with Crippen molar-refractivity contribution in [3.8, 4) is 5.75 Å². The lowest BCUT2D eigenvalue weighted by Crippen LogP contribution is -2.50. The summed E-state index contributed by atoms with van der Waals surface area (Å²) in [5.41, 5.74) is 3.41.